The highest BCUT2D eigenvalue weighted by Gasteiger charge is 1.94. The lowest BCUT2D eigenvalue weighted by Gasteiger charge is -2.10. The molecule has 0 atom stereocenters. The van der Waals surface area contributed by atoms with E-state index >= 15 is 0 Å². The van der Waals surface area contributed by atoms with Crippen molar-refractivity contribution in [1.29, 1.82) is 0 Å². The van der Waals surface area contributed by atoms with Gasteiger partial charge in [-0.05, 0) is 22.0 Å². The monoisotopic (exact) mass is 201 g/mol. The van der Waals surface area contributed by atoms with E-state index in [-0.39, 0.29) is 0 Å². The third-order valence-electron chi connectivity index (χ3n) is 1.10. The lowest BCUT2D eigenvalue weighted by atomic mass is 10.4. The second kappa shape index (κ2) is 2.98. The molecule has 0 saturated heterocycles. The summed E-state index contributed by atoms with van der Waals surface area (Å²) < 4.78 is 0.933. The van der Waals surface area contributed by atoms with Gasteiger partial charge in [-0.3, -0.25) is 4.98 Å². The van der Waals surface area contributed by atoms with Gasteiger partial charge in [0.25, 0.3) is 0 Å². The summed E-state index contributed by atoms with van der Waals surface area (Å²) in [5.74, 6) is 5.46. The van der Waals surface area contributed by atoms with Gasteiger partial charge in [-0.25, -0.2) is 5.84 Å². The van der Waals surface area contributed by atoms with Crippen LogP contribution in [0, 0.1) is 0 Å². The van der Waals surface area contributed by atoms with E-state index in [1.165, 1.54) is 5.01 Å². The van der Waals surface area contributed by atoms with Gasteiger partial charge in [0.15, 0.2) is 0 Å². The largest absolute Gasteiger partial charge is 0.313 e. The zero-order valence-corrected chi connectivity index (χ0v) is 7.17. The van der Waals surface area contributed by atoms with Crippen LogP contribution in [-0.4, -0.2) is 12.0 Å². The molecule has 0 aliphatic carbocycles. The highest BCUT2D eigenvalue weighted by molar-refractivity contribution is 9.10. The van der Waals surface area contributed by atoms with Crippen LogP contribution in [0.15, 0.2) is 22.9 Å². The first-order valence-electron chi connectivity index (χ1n) is 2.79. The van der Waals surface area contributed by atoms with E-state index in [2.05, 4.69) is 20.9 Å². The van der Waals surface area contributed by atoms with Crippen molar-refractivity contribution in [3.63, 3.8) is 0 Å². The Morgan fingerprint density at radius 2 is 2.30 bits per heavy atom. The number of anilines is 1. The molecule has 1 rings (SSSR count). The van der Waals surface area contributed by atoms with Gasteiger partial charge in [0.2, 0.25) is 0 Å². The van der Waals surface area contributed by atoms with Crippen molar-refractivity contribution >= 4 is 21.6 Å². The van der Waals surface area contributed by atoms with Gasteiger partial charge in [-0.15, -0.1) is 0 Å². The van der Waals surface area contributed by atoms with Crippen LogP contribution in [0.4, 0.5) is 5.69 Å². The number of pyridine rings is 1. The number of hydrogen-bond acceptors (Lipinski definition) is 3. The van der Waals surface area contributed by atoms with E-state index < -0.39 is 0 Å². The molecule has 3 nitrogen and oxygen atoms in total. The molecule has 0 radical (unpaired) electrons. The van der Waals surface area contributed by atoms with Gasteiger partial charge in [-0.2, -0.15) is 0 Å². The molecule has 0 bridgehead atoms. The highest BCUT2D eigenvalue weighted by atomic mass is 79.9. The fourth-order valence-electron chi connectivity index (χ4n) is 0.594. The van der Waals surface area contributed by atoms with Crippen LogP contribution >= 0.6 is 15.9 Å². The minimum absolute atomic E-state index is 0.884. The number of aromatic nitrogens is 1. The Labute approximate surface area is 68.0 Å². The first-order chi connectivity index (χ1) is 4.70. The average molecular weight is 202 g/mol. The van der Waals surface area contributed by atoms with Crippen LogP contribution in [0.25, 0.3) is 0 Å². The summed E-state index contributed by atoms with van der Waals surface area (Å²) in [6.45, 7) is 0. The molecule has 1 aromatic rings. The molecule has 0 amide bonds. The number of halogens is 1. The van der Waals surface area contributed by atoms with Crippen molar-refractivity contribution in [2.45, 2.75) is 0 Å². The molecule has 0 spiro atoms. The first-order valence-corrected chi connectivity index (χ1v) is 3.58. The predicted octanol–water partition coefficient (Wildman–Crippen LogP) is 1.15. The van der Waals surface area contributed by atoms with Crippen LogP contribution < -0.4 is 10.9 Å². The predicted molar refractivity (Wildman–Crippen MR) is 44.5 cm³/mol. The standard InChI is InChI=1S/C6H8BrN3/c1-10(8)6-2-5(7)3-9-4-6/h2-4H,8H2,1H3. The highest BCUT2D eigenvalue weighted by Crippen LogP contribution is 2.14. The summed E-state index contributed by atoms with van der Waals surface area (Å²) in [4.78, 5) is 3.94. The van der Waals surface area contributed by atoms with Crippen LogP contribution in [0.3, 0.4) is 0 Å². The van der Waals surface area contributed by atoms with Crippen molar-refractivity contribution in [3.8, 4) is 0 Å². The topological polar surface area (TPSA) is 42.1 Å². The molecule has 0 aliphatic heterocycles. The van der Waals surface area contributed by atoms with E-state index in [9.17, 15) is 0 Å². The fraction of sp³-hybridized carbons (Fsp3) is 0.167. The SMILES string of the molecule is CN(N)c1cncc(Br)c1. The van der Waals surface area contributed by atoms with Crippen LogP contribution in [0.5, 0.6) is 0 Å². The first kappa shape index (κ1) is 7.50. The van der Waals surface area contributed by atoms with Crippen molar-refractivity contribution < 1.29 is 0 Å². The molecule has 1 aromatic heterocycles. The Balaban J connectivity index is 2.96. The summed E-state index contributed by atoms with van der Waals surface area (Å²) in [7, 11) is 1.77. The minimum Gasteiger partial charge on any atom is -0.313 e. The molecule has 0 aliphatic rings. The summed E-state index contributed by atoms with van der Waals surface area (Å²) in [5.41, 5.74) is 0.884. The molecular weight excluding hydrogens is 194 g/mol. The molecular formula is C6H8BrN3. The summed E-state index contributed by atoms with van der Waals surface area (Å²) in [6.07, 6.45) is 3.41. The van der Waals surface area contributed by atoms with Crippen LogP contribution in [-0.2, 0) is 0 Å². The summed E-state index contributed by atoms with van der Waals surface area (Å²) >= 11 is 3.29. The minimum atomic E-state index is 0.884. The number of hydrazine groups is 1. The van der Waals surface area contributed by atoms with Crippen molar-refractivity contribution in [2.24, 2.45) is 5.84 Å². The summed E-state index contributed by atoms with van der Waals surface area (Å²) in [6, 6.07) is 1.90. The number of rotatable bonds is 1. The molecule has 0 unspecified atom stereocenters. The number of nitrogens with two attached hydrogens (primary N) is 1. The molecule has 1 heterocycles. The van der Waals surface area contributed by atoms with Crippen LogP contribution in [0.2, 0.25) is 0 Å². The van der Waals surface area contributed by atoms with E-state index in [0.29, 0.717) is 0 Å². The average Bonchev–Trinajstić information content (AvgIpc) is 1.88. The molecule has 0 saturated carbocycles. The Bertz CT molecular complexity index is 224. The van der Waals surface area contributed by atoms with Gasteiger partial charge in [-0.1, -0.05) is 0 Å². The van der Waals surface area contributed by atoms with E-state index in [1.54, 1.807) is 19.4 Å². The summed E-state index contributed by atoms with van der Waals surface area (Å²) in [5, 5.41) is 1.51. The molecule has 54 valence electrons. The third-order valence-corrected chi connectivity index (χ3v) is 1.53. The Morgan fingerprint density at radius 3 is 2.70 bits per heavy atom. The van der Waals surface area contributed by atoms with Crippen molar-refractivity contribution in [1.82, 2.24) is 4.98 Å². The molecule has 4 heteroatoms. The second-order valence-corrected chi connectivity index (χ2v) is 2.89. The van der Waals surface area contributed by atoms with Crippen molar-refractivity contribution in [2.75, 3.05) is 12.1 Å². The lowest BCUT2D eigenvalue weighted by Crippen LogP contribution is -2.24. The molecule has 2 N–H and O–H groups in total. The van der Waals surface area contributed by atoms with E-state index in [0.717, 1.165) is 10.2 Å². The lowest BCUT2D eigenvalue weighted by molar-refractivity contribution is 1.01. The van der Waals surface area contributed by atoms with Gasteiger partial charge in [0.1, 0.15) is 0 Å². The number of hydrogen-bond donors (Lipinski definition) is 1. The molecule has 10 heavy (non-hydrogen) atoms. The molecule has 0 aromatic carbocycles. The van der Waals surface area contributed by atoms with Crippen molar-refractivity contribution in [3.05, 3.63) is 22.9 Å². The van der Waals surface area contributed by atoms with Gasteiger partial charge in [0.05, 0.1) is 11.9 Å². The quantitative estimate of drug-likeness (QED) is 0.548. The van der Waals surface area contributed by atoms with Crippen LogP contribution in [0.1, 0.15) is 0 Å². The Hall–Kier alpha value is -0.610. The maximum absolute atomic E-state index is 5.46. The fourth-order valence-corrected chi connectivity index (χ4v) is 0.946. The maximum Gasteiger partial charge on any atom is 0.0708 e. The van der Waals surface area contributed by atoms with Gasteiger partial charge < -0.3 is 5.01 Å². The second-order valence-electron chi connectivity index (χ2n) is 1.97. The number of nitrogens with zero attached hydrogens (tertiary/aromatic N) is 2. The zero-order chi connectivity index (χ0) is 7.56. The van der Waals surface area contributed by atoms with E-state index in [4.69, 9.17) is 5.84 Å². The van der Waals surface area contributed by atoms with E-state index in [1.807, 2.05) is 6.07 Å². The maximum atomic E-state index is 5.46. The van der Waals surface area contributed by atoms with Gasteiger partial charge in [0, 0.05) is 17.7 Å². The normalized spacial score (nSPS) is 9.50. The van der Waals surface area contributed by atoms with Gasteiger partial charge >= 0.3 is 0 Å². The Kier molecular flexibility index (Phi) is 2.24. The third kappa shape index (κ3) is 1.68. The zero-order valence-electron chi connectivity index (χ0n) is 5.58. The smallest absolute Gasteiger partial charge is 0.0708 e. The Morgan fingerprint density at radius 1 is 1.60 bits per heavy atom. The molecule has 0 fully saturated rings.